The van der Waals surface area contributed by atoms with Crippen LogP contribution in [0.4, 0.5) is 11.4 Å². The predicted molar refractivity (Wildman–Crippen MR) is 70.7 cm³/mol. The third-order valence-corrected chi connectivity index (χ3v) is 3.22. The minimum Gasteiger partial charge on any atom is -0.289 e. The molecule has 0 spiro atoms. The summed E-state index contributed by atoms with van der Waals surface area (Å²) in [6.07, 6.45) is 0. The van der Waals surface area contributed by atoms with Gasteiger partial charge in [-0.3, -0.25) is 9.59 Å². The van der Waals surface area contributed by atoms with Crippen molar-refractivity contribution in [3.63, 3.8) is 0 Å². The first-order chi connectivity index (χ1) is 9.69. The van der Waals surface area contributed by atoms with E-state index in [1.54, 1.807) is 0 Å². The van der Waals surface area contributed by atoms with Gasteiger partial charge in [-0.15, -0.1) is 9.81 Å². The van der Waals surface area contributed by atoms with Crippen LogP contribution in [-0.4, -0.2) is 11.6 Å². The summed E-state index contributed by atoms with van der Waals surface area (Å²) in [7, 11) is 0. The van der Waals surface area contributed by atoms with Gasteiger partial charge in [-0.25, -0.2) is 0 Å². The van der Waals surface area contributed by atoms with Gasteiger partial charge in [-0.05, 0) is 22.5 Å². The zero-order valence-electron chi connectivity index (χ0n) is 9.99. The third-order valence-electron chi connectivity index (χ3n) is 3.22. The Balaban J connectivity index is 2.40. The second-order valence-electron chi connectivity index (χ2n) is 4.24. The number of ketones is 2. The van der Waals surface area contributed by atoms with Gasteiger partial charge in [0.05, 0.1) is 11.1 Å². The number of nitroso groups, excluding NO2 is 2. The molecule has 0 aliphatic heterocycles. The number of rotatable bonds is 2. The van der Waals surface area contributed by atoms with Crippen LogP contribution in [-0.2, 0) is 0 Å². The van der Waals surface area contributed by atoms with Crippen molar-refractivity contribution in [2.24, 2.45) is 10.4 Å². The molecule has 0 aromatic heterocycles. The lowest BCUT2D eigenvalue weighted by atomic mass is 9.82. The predicted octanol–water partition coefficient (Wildman–Crippen LogP) is 3.26. The molecule has 0 amide bonds. The Hall–Kier alpha value is -3.02. The minimum atomic E-state index is -0.583. The highest BCUT2D eigenvalue weighted by Crippen LogP contribution is 2.36. The van der Waals surface area contributed by atoms with Gasteiger partial charge in [0.1, 0.15) is 11.4 Å². The summed E-state index contributed by atoms with van der Waals surface area (Å²) >= 11 is 0. The van der Waals surface area contributed by atoms with Gasteiger partial charge in [-0.2, -0.15) is 0 Å². The molecule has 0 unspecified atom stereocenters. The SMILES string of the molecule is O=Nc1cccc2c1C(=O)c1c(N=O)cccc1C2=O. The van der Waals surface area contributed by atoms with Crippen LogP contribution in [0.2, 0.25) is 0 Å². The zero-order chi connectivity index (χ0) is 14.3. The van der Waals surface area contributed by atoms with Crippen LogP contribution in [0.15, 0.2) is 46.8 Å². The smallest absolute Gasteiger partial charge is 0.199 e. The van der Waals surface area contributed by atoms with E-state index in [0.29, 0.717) is 0 Å². The molecule has 0 radical (unpaired) electrons. The largest absolute Gasteiger partial charge is 0.289 e. The molecule has 0 heterocycles. The Labute approximate surface area is 112 Å². The maximum absolute atomic E-state index is 12.5. The molecule has 0 saturated heterocycles. The molecule has 0 fully saturated rings. The highest BCUT2D eigenvalue weighted by molar-refractivity contribution is 6.31. The van der Waals surface area contributed by atoms with E-state index in [0.717, 1.165) is 0 Å². The molecule has 3 rings (SSSR count). The van der Waals surface area contributed by atoms with Crippen LogP contribution in [0.1, 0.15) is 31.8 Å². The molecule has 0 atom stereocenters. The summed E-state index contributed by atoms with van der Waals surface area (Å²) in [6, 6.07) is 8.56. The monoisotopic (exact) mass is 266 g/mol. The average Bonchev–Trinajstić information content (AvgIpc) is 2.50. The Morgan fingerprint density at radius 2 is 1.10 bits per heavy atom. The number of hydrogen-bond donors (Lipinski definition) is 0. The lowest BCUT2D eigenvalue weighted by Crippen LogP contribution is -2.21. The number of hydrogen-bond acceptors (Lipinski definition) is 6. The van der Waals surface area contributed by atoms with Gasteiger partial charge >= 0.3 is 0 Å². The number of carbonyl (C=O) groups is 2. The highest BCUT2D eigenvalue weighted by Gasteiger charge is 2.34. The van der Waals surface area contributed by atoms with E-state index >= 15 is 0 Å². The first-order valence-electron chi connectivity index (χ1n) is 5.71. The molecule has 6 nitrogen and oxygen atoms in total. The minimum absolute atomic E-state index is 0.0731. The summed E-state index contributed by atoms with van der Waals surface area (Å²) < 4.78 is 0. The van der Waals surface area contributed by atoms with Crippen LogP contribution in [0.5, 0.6) is 0 Å². The molecule has 96 valence electrons. The number of benzene rings is 2. The third kappa shape index (κ3) is 1.45. The maximum Gasteiger partial charge on any atom is 0.199 e. The lowest BCUT2D eigenvalue weighted by molar-refractivity contribution is 0.0980. The summed E-state index contributed by atoms with van der Waals surface area (Å²) in [6.45, 7) is 0. The molecule has 2 aromatic carbocycles. The van der Waals surface area contributed by atoms with E-state index in [1.165, 1.54) is 36.4 Å². The Kier molecular flexibility index (Phi) is 2.57. The fourth-order valence-electron chi connectivity index (χ4n) is 2.36. The fourth-order valence-corrected chi connectivity index (χ4v) is 2.36. The molecule has 2 aromatic rings. The zero-order valence-corrected chi connectivity index (χ0v) is 9.99. The summed E-state index contributed by atoms with van der Waals surface area (Å²) in [5.74, 6) is -1.01. The first kappa shape index (κ1) is 12.0. The van der Waals surface area contributed by atoms with Crippen molar-refractivity contribution in [1.29, 1.82) is 0 Å². The normalized spacial score (nSPS) is 12.6. The van der Waals surface area contributed by atoms with Gasteiger partial charge in [0.15, 0.2) is 11.6 Å². The number of nitrogens with zero attached hydrogens (tertiary/aromatic N) is 2. The van der Waals surface area contributed by atoms with E-state index in [1.807, 2.05) is 0 Å². The van der Waals surface area contributed by atoms with Gasteiger partial charge in [0, 0.05) is 11.1 Å². The van der Waals surface area contributed by atoms with Crippen molar-refractivity contribution in [3.05, 3.63) is 68.5 Å². The van der Waals surface area contributed by atoms with Crippen molar-refractivity contribution >= 4 is 22.9 Å². The fraction of sp³-hybridized carbons (Fsp3) is 0. The Morgan fingerprint density at radius 1 is 0.650 bits per heavy atom. The Morgan fingerprint density at radius 3 is 1.50 bits per heavy atom. The van der Waals surface area contributed by atoms with Crippen molar-refractivity contribution in [2.75, 3.05) is 0 Å². The van der Waals surface area contributed by atoms with Gasteiger partial charge in [0.2, 0.25) is 0 Å². The van der Waals surface area contributed by atoms with Gasteiger partial charge in [-0.1, -0.05) is 24.3 Å². The highest BCUT2D eigenvalue weighted by atomic mass is 16.3. The molecular formula is C14H6N2O4. The van der Waals surface area contributed by atoms with E-state index < -0.39 is 11.6 Å². The summed E-state index contributed by atoms with van der Waals surface area (Å²) in [5, 5.41) is 5.53. The van der Waals surface area contributed by atoms with Gasteiger partial charge in [0.25, 0.3) is 0 Å². The van der Waals surface area contributed by atoms with E-state index in [-0.39, 0.29) is 33.6 Å². The topological polar surface area (TPSA) is 93.0 Å². The molecule has 20 heavy (non-hydrogen) atoms. The van der Waals surface area contributed by atoms with Crippen molar-refractivity contribution < 1.29 is 9.59 Å². The van der Waals surface area contributed by atoms with Gasteiger partial charge < -0.3 is 0 Å². The lowest BCUT2D eigenvalue weighted by Gasteiger charge is -2.18. The molecule has 6 heteroatoms. The standard InChI is InChI=1S/C14H6N2O4/c17-13-7-3-1-5-9(15-19)11(7)14(18)12-8(13)4-2-6-10(12)16-20/h1-6H. The molecule has 0 N–H and O–H groups in total. The molecule has 0 bridgehead atoms. The number of carbonyl (C=O) groups excluding carboxylic acids is 2. The molecule has 1 aliphatic carbocycles. The van der Waals surface area contributed by atoms with Crippen LogP contribution in [0.3, 0.4) is 0 Å². The van der Waals surface area contributed by atoms with Crippen LogP contribution >= 0.6 is 0 Å². The van der Waals surface area contributed by atoms with Crippen LogP contribution < -0.4 is 0 Å². The van der Waals surface area contributed by atoms with E-state index in [2.05, 4.69) is 10.4 Å². The average molecular weight is 266 g/mol. The van der Waals surface area contributed by atoms with Crippen LogP contribution in [0, 0.1) is 9.81 Å². The number of fused-ring (bicyclic) bond motifs is 2. The van der Waals surface area contributed by atoms with Crippen molar-refractivity contribution in [1.82, 2.24) is 0 Å². The molecular weight excluding hydrogens is 260 g/mol. The van der Waals surface area contributed by atoms with E-state index in [9.17, 15) is 19.4 Å². The maximum atomic E-state index is 12.5. The molecule has 0 saturated carbocycles. The molecule has 1 aliphatic rings. The van der Waals surface area contributed by atoms with Crippen molar-refractivity contribution in [2.45, 2.75) is 0 Å². The Bertz CT molecular complexity index is 732. The summed E-state index contributed by atoms with van der Waals surface area (Å²) in [5.41, 5.74) is -0.156. The first-order valence-corrected chi connectivity index (χ1v) is 5.71. The second-order valence-corrected chi connectivity index (χ2v) is 4.24. The summed E-state index contributed by atoms with van der Waals surface area (Å²) in [4.78, 5) is 46.4. The second kappa shape index (κ2) is 4.27. The van der Waals surface area contributed by atoms with Crippen molar-refractivity contribution in [3.8, 4) is 0 Å². The quantitative estimate of drug-likeness (QED) is 0.665. The van der Waals surface area contributed by atoms with Crippen LogP contribution in [0.25, 0.3) is 0 Å². The van der Waals surface area contributed by atoms with E-state index in [4.69, 9.17) is 0 Å².